The normalized spacial score (nSPS) is 24.2. The van der Waals surface area contributed by atoms with E-state index in [0.29, 0.717) is 44.2 Å². The second-order valence-corrected chi connectivity index (χ2v) is 9.44. The number of carbonyl (C=O) groups excluding carboxylic acids is 1. The standard InChI is InChI=1S/C20H26N2O4S/c23-20(21-10-12-26-13-11-21)18-6-3-9-22(15-18)27(24,25)19-8-7-16-4-1-2-5-17(16)14-19/h1-2,4-5,14,18H,3,6-13,15H2. The molecule has 1 aromatic carbocycles. The molecular formula is C20H26N2O4S. The molecule has 6 nitrogen and oxygen atoms in total. The van der Waals surface area contributed by atoms with Crippen LogP contribution in [0.4, 0.5) is 0 Å². The number of amides is 1. The van der Waals surface area contributed by atoms with Crippen LogP contribution in [-0.2, 0) is 26.0 Å². The zero-order chi connectivity index (χ0) is 18.9. The minimum Gasteiger partial charge on any atom is -0.378 e. The first-order valence-corrected chi connectivity index (χ1v) is 11.1. The van der Waals surface area contributed by atoms with Gasteiger partial charge in [0.05, 0.1) is 24.0 Å². The van der Waals surface area contributed by atoms with Crippen molar-refractivity contribution >= 4 is 22.0 Å². The summed E-state index contributed by atoms with van der Waals surface area (Å²) < 4.78 is 33.3. The molecule has 0 spiro atoms. The Morgan fingerprint density at radius 1 is 1.07 bits per heavy atom. The molecule has 27 heavy (non-hydrogen) atoms. The number of sulfonamides is 1. The quantitative estimate of drug-likeness (QED) is 0.790. The van der Waals surface area contributed by atoms with Crippen molar-refractivity contribution in [2.45, 2.75) is 25.7 Å². The summed E-state index contributed by atoms with van der Waals surface area (Å²) in [6, 6.07) is 7.93. The van der Waals surface area contributed by atoms with E-state index in [4.69, 9.17) is 4.74 Å². The highest BCUT2D eigenvalue weighted by Crippen LogP contribution is 2.31. The minimum absolute atomic E-state index is 0.0705. The number of hydrogen-bond acceptors (Lipinski definition) is 4. The lowest BCUT2D eigenvalue weighted by Gasteiger charge is -2.36. The number of aryl methyl sites for hydroxylation is 1. The molecule has 1 atom stereocenters. The highest BCUT2D eigenvalue weighted by atomic mass is 32.2. The van der Waals surface area contributed by atoms with Gasteiger partial charge in [-0.05, 0) is 42.9 Å². The fourth-order valence-electron chi connectivity index (χ4n) is 4.18. The van der Waals surface area contributed by atoms with Crippen molar-refractivity contribution in [2.24, 2.45) is 5.92 Å². The van der Waals surface area contributed by atoms with Crippen molar-refractivity contribution in [1.82, 2.24) is 9.21 Å². The van der Waals surface area contributed by atoms with Crippen LogP contribution in [0.15, 0.2) is 29.2 Å². The largest absolute Gasteiger partial charge is 0.378 e. The number of allylic oxidation sites excluding steroid dienone is 1. The Morgan fingerprint density at radius 3 is 2.67 bits per heavy atom. The van der Waals surface area contributed by atoms with E-state index in [-0.39, 0.29) is 18.4 Å². The van der Waals surface area contributed by atoms with E-state index in [2.05, 4.69) is 0 Å². The van der Waals surface area contributed by atoms with Crippen LogP contribution in [0.1, 0.15) is 30.4 Å². The second-order valence-electron chi connectivity index (χ2n) is 7.45. The van der Waals surface area contributed by atoms with Crippen molar-refractivity contribution in [3.63, 3.8) is 0 Å². The molecule has 0 radical (unpaired) electrons. The van der Waals surface area contributed by atoms with Gasteiger partial charge in [-0.1, -0.05) is 24.3 Å². The maximum atomic E-state index is 13.2. The number of carbonyl (C=O) groups is 1. The van der Waals surface area contributed by atoms with Crippen LogP contribution in [-0.4, -0.2) is 62.9 Å². The van der Waals surface area contributed by atoms with Crippen molar-refractivity contribution < 1.29 is 17.9 Å². The SMILES string of the molecule is O=C(C1CCCN(S(=O)(=O)C2=Cc3ccccc3CC2)C1)N1CCOCC1. The molecule has 1 aromatic rings. The predicted molar refractivity (Wildman–Crippen MR) is 103 cm³/mol. The Kier molecular flexibility index (Phi) is 5.34. The summed E-state index contributed by atoms with van der Waals surface area (Å²) in [7, 11) is -3.53. The molecule has 2 aliphatic heterocycles. The molecule has 0 N–H and O–H groups in total. The van der Waals surface area contributed by atoms with E-state index in [1.54, 1.807) is 0 Å². The molecule has 146 valence electrons. The third-order valence-electron chi connectivity index (χ3n) is 5.74. The molecule has 7 heteroatoms. The van der Waals surface area contributed by atoms with Crippen LogP contribution in [0, 0.1) is 5.92 Å². The fourth-order valence-corrected chi connectivity index (χ4v) is 5.89. The van der Waals surface area contributed by atoms with Gasteiger partial charge >= 0.3 is 0 Å². The van der Waals surface area contributed by atoms with Crippen LogP contribution >= 0.6 is 0 Å². The summed E-state index contributed by atoms with van der Waals surface area (Å²) in [5.41, 5.74) is 2.18. The van der Waals surface area contributed by atoms with Crippen molar-refractivity contribution in [2.75, 3.05) is 39.4 Å². The zero-order valence-electron chi connectivity index (χ0n) is 15.5. The number of morpholine rings is 1. The summed E-state index contributed by atoms with van der Waals surface area (Å²) in [4.78, 5) is 15.1. The predicted octanol–water partition coefficient (Wildman–Crippen LogP) is 1.87. The van der Waals surface area contributed by atoms with Crippen LogP contribution in [0.3, 0.4) is 0 Å². The Morgan fingerprint density at radius 2 is 1.85 bits per heavy atom. The molecule has 0 bridgehead atoms. The molecule has 2 fully saturated rings. The third-order valence-corrected chi connectivity index (χ3v) is 7.74. The summed E-state index contributed by atoms with van der Waals surface area (Å²) in [5.74, 6) is -0.177. The number of benzene rings is 1. The Bertz CT molecular complexity index is 843. The topological polar surface area (TPSA) is 66.9 Å². The smallest absolute Gasteiger partial charge is 0.239 e. The number of hydrogen-bond donors (Lipinski definition) is 0. The van der Waals surface area contributed by atoms with Crippen LogP contribution in [0.5, 0.6) is 0 Å². The van der Waals surface area contributed by atoms with Gasteiger partial charge in [-0.15, -0.1) is 0 Å². The summed E-state index contributed by atoms with van der Waals surface area (Å²) >= 11 is 0. The van der Waals surface area contributed by atoms with E-state index >= 15 is 0 Å². The highest BCUT2D eigenvalue weighted by Gasteiger charge is 2.36. The van der Waals surface area contributed by atoms with Gasteiger partial charge in [0.1, 0.15) is 0 Å². The van der Waals surface area contributed by atoms with E-state index in [1.165, 1.54) is 9.87 Å². The number of nitrogens with zero attached hydrogens (tertiary/aromatic N) is 2. The van der Waals surface area contributed by atoms with E-state index < -0.39 is 10.0 Å². The van der Waals surface area contributed by atoms with Gasteiger partial charge in [0.25, 0.3) is 0 Å². The molecule has 1 unspecified atom stereocenters. The van der Waals surface area contributed by atoms with Crippen LogP contribution < -0.4 is 0 Å². The Labute approximate surface area is 160 Å². The van der Waals surface area contributed by atoms with Gasteiger partial charge in [0, 0.05) is 26.2 Å². The summed E-state index contributed by atoms with van der Waals surface area (Å²) in [5, 5.41) is 0. The van der Waals surface area contributed by atoms with E-state index in [1.807, 2.05) is 35.2 Å². The molecule has 1 aliphatic carbocycles. The number of fused-ring (bicyclic) bond motifs is 1. The third kappa shape index (κ3) is 3.81. The molecule has 2 saturated heterocycles. The fraction of sp³-hybridized carbons (Fsp3) is 0.550. The summed E-state index contributed by atoms with van der Waals surface area (Å²) in [6.07, 6.45) is 4.55. The lowest BCUT2D eigenvalue weighted by Crippen LogP contribution is -2.49. The van der Waals surface area contributed by atoms with Gasteiger partial charge < -0.3 is 9.64 Å². The number of rotatable bonds is 3. The first-order chi connectivity index (χ1) is 13.1. The van der Waals surface area contributed by atoms with Gasteiger partial charge in [-0.2, -0.15) is 4.31 Å². The summed E-state index contributed by atoms with van der Waals surface area (Å²) in [6.45, 7) is 3.11. The van der Waals surface area contributed by atoms with Crippen molar-refractivity contribution in [1.29, 1.82) is 0 Å². The zero-order valence-corrected chi connectivity index (χ0v) is 16.3. The average molecular weight is 391 g/mol. The van der Waals surface area contributed by atoms with Gasteiger partial charge in [0.15, 0.2) is 0 Å². The first kappa shape index (κ1) is 18.7. The molecule has 1 amide bonds. The molecular weight excluding hydrogens is 364 g/mol. The van der Waals surface area contributed by atoms with Crippen LogP contribution in [0.2, 0.25) is 0 Å². The van der Waals surface area contributed by atoms with Crippen molar-refractivity contribution in [3.05, 3.63) is 40.3 Å². The first-order valence-electron chi connectivity index (χ1n) is 9.71. The molecule has 3 aliphatic rings. The molecule has 0 aromatic heterocycles. The number of ether oxygens (including phenoxy) is 1. The van der Waals surface area contributed by atoms with E-state index in [0.717, 1.165) is 24.8 Å². The average Bonchev–Trinajstić information content (AvgIpc) is 2.73. The molecule has 2 heterocycles. The monoisotopic (exact) mass is 390 g/mol. The second kappa shape index (κ2) is 7.73. The minimum atomic E-state index is -3.53. The van der Waals surface area contributed by atoms with Crippen molar-refractivity contribution in [3.8, 4) is 0 Å². The maximum absolute atomic E-state index is 13.2. The Hall–Kier alpha value is -1.70. The van der Waals surface area contributed by atoms with Gasteiger partial charge in [-0.3, -0.25) is 4.79 Å². The highest BCUT2D eigenvalue weighted by molar-refractivity contribution is 7.93. The van der Waals surface area contributed by atoms with Crippen LogP contribution in [0.25, 0.3) is 6.08 Å². The lowest BCUT2D eigenvalue weighted by atomic mass is 9.97. The molecule has 0 saturated carbocycles. The van der Waals surface area contributed by atoms with Gasteiger partial charge in [-0.25, -0.2) is 8.42 Å². The van der Waals surface area contributed by atoms with E-state index in [9.17, 15) is 13.2 Å². The Balaban J connectivity index is 1.50. The number of piperidine rings is 1. The maximum Gasteiger partial charge on any atom is 0.239 e. The van der Waals surface area contributed by atoms with Gasteiger partial charge in [0.2, 0.25) is 15.9 Å². The lowest BCUT2D eigenvalue weighted by molar-refractivity contribution is -0.140. The molecule has 4 rings (SSSR count).